The molecule has 0 aromatic carbocycles. The quantitative estimate of drug-likeness (QED) is 0.543. The predicted molar refractivity (Wildman–Crippen MR) is 120 cm³/mol. The number of carbonyl (C=O) groups excluding carboxylic acids is 3. The molecule has 0 aromatic heterocycles. The van der Waals surface area contributed by atoms with Crippen molar-refractivity contribution in [3.63, 3.8) is 0 Å². The summed E-state index contributed by atoms with van der Waals surface area (Å²) in [6.07, 6.45) is 11.4. The molecule has 0 atom stereocenters. The average molecular weight is 425 g/mol. The van der Waals surface area contributed by atoms with Crippen LogP contribution in [0.3, 0.4) is 0 Å². The van der Waals surface area contributed by atoms with Crippen molar-refractivity contribution in [3.8, 4) is 0 Å². The van der Waals surface area contributed by atoms with E-state index in [1.54, 1.807) is 0 Å². The van der Waals surface area contributed by atoms with Gasteiger partial charge in [-0.1, -0.05) is 47.0 Å². The number of ether oxygens (including phenoxy) is 1. The first-order chi connectivity index (χ1) is 14.2. The minimum absolute atomic E-state index is 0.0442. The molecular formula is C24H44N2O4. The maximum atomic E-state index is 11.6. The lowest BCUT2D eigenvalue weighted by molar-refractivity contribution is -0.127. The summed E-state index contributed by atoms with van der Waals surface area (Å²) in [5.41, 5.74) is 5.07. The third-order valence-corrected chi connectivity index (χ3v) is 6.04. The Hall–Kier alpha value is -1.43. The molecule has 0 spiro atoms. The fraction of sp³-hybridized carbons (Fsp3) is 0.875. The van der Waals surface area contributed by atoms with E-state index < -0.39 is 0 Å². The Labute approximate surface area is 183 Å². The van der Waals surface area contributed by atoms with Gasteiger partial charge in [0.1, 0.15) is 5.78 Å². The second kappa shape index (κ2) is 14.6. The number of primary amides is 1. The highest BCUT2D eigenvalue weighted by molar-refractivity contribution is 5.82. The van der Waals surface area contributed by atoms with Gasteiger partial charge in [-0.05, 0) is 44.9 Å². The molecule has 30 heavy (non-hydrogen) atoms. The first kappa shape index (κ1) is 26.6. The number of hydrogen-bond donors (Lipinski definition) is 2. The average Bonchev–Trinajstić information content (AvgIpc) is 2.72. The summed E-state index contributed by atoms with van der Waals surface area (Å²) in [7, 11) is 0. The minimum atomic E-state index is -0.274. The maximum Gasteiger partial charge on any atom is 0.222 e. The molecule has 2 fully saturated rings. The fourth-order valence-electron chi connectivity index (χ4n) is 4.10. The van der Waals surface area contributed by atoms with Crippen LogP contribution in [-0.2, 0) is 19.1 Å². The molecule has 0 radical (unpaired) electrons. The molecule has 0 heterocycles. The maximum absolute atomic E-state index is 11.6. The fourth-order valence-corrected chi connectivity index (χ4v) is 4.10. The Kier molecular flexibility index (Phi) is 12.9. The van der Waals surface area contributed by atoms with Crippen LogP contribution in [0.4, 0.5) is 0 Å². The van der Waals surface area contributed by atoms with E-state index in [1.807, 2.05) is 27.7 Å². The highest BCUT2D eigenvalue weighted by Crippen LogP contribution is 2.26. The molecule has 0 unspecified atom stereocenters. The van der Waals surface area contributed by atoms with E-state index in [1.165, 1.54) is 19.3 Å². The first-order valence-electron chi connectivity index (χ1n) is 11.9. The van der Waals surface area contributed by atoms with Crippen molar-refractivity contribution in [2.24, 2.45) is 23.5 Å². The van der Waals surface area contributed by atoms with Crippen LogP contribution < -0.4 is 11.1 Å². The van der Waals surface area contributed by atoms with Gasteiger partial charge in [0.05, 0.1) is 6.10 Å². The van der Waals surface area contributed by atoms with Crippen LogP contribution in [0, 0.1) is 17.8 Å². The zero-order valence-corrected chi connectivity index (χ0v) is 19.6. The van der Waals surface area contributed by atoms with Gasteiger partial charge in [-0.3, -0.25) is 14.4 Å². The summed E-state index contributed by atoms with van der Waals surface area (Å²) in [5.74, 6) is 1.05. The van der Waals surface area contributed by atoms with Crippen molar-refractivity contribution in [2.45, 2.75) is 110 Å². The van der Waals surface area contributed by atoms with Gasteiger partial charge in [0.25, 0.3) is 0 Å². The highest BCUT2D eigenvalue weighted by atomic mass is 16.5. The zero-order chi connectivity index (χ0) is 22.5. The van der Waals surface area contributed by atoms with Crippen LogP contribution >= 0.6 is 0 Å². The van der Waals surface area contributed by atoms with E-state index in [-0.39, 0.29) is 29.8 Å². The molecule has 6 heteroatoms. The topological polar surface area (TPSA) is 98.5 Å². The van der Waals surface area contributed by atoms with Crippen LogP contribution in [0.2, 0.25) is 0 Å². The van der Waals surface area contributed by atoms with Crippen molar-refractivity contribution in [1.82, 2.24) is 5.32 Å². The van der Waals surface area contributed by atoms with Gasteiger partial charge in [-0.25, -0.2) is 0 Å². The summed E-state index contributed by atoms with van der Waals surface area (Å²) in [6, 6.07) is 0.292. The highest BCUT2D eigenvalue weighted by Gasteiger charge is 2.24. The van der Waals surface area contributed by atoms with Crippen LogP contribution in [-0.4, -0.2) is 36.4 Å². The smallest absolute Gasteiger partial charge is 0.222 e. The number of Topliss-reactive ketones (excluding diaryl/α,β-unsaturated/α-hetero) is 1. The third kappa shape index (κ3) is 11.1. The summed E-state index contributed by atoms with van der Waals surface area (Å²) in [6.45, 7) is 8.43. The zero-order valence-electron chi connectivity index (χ0n) is 19.6. The van der Waals surface area contributed by atoms with Gasteiger partial charge in [-0.2, -0.15) is 0 Å². The summed E-state index contributed by atoms with van der Waals surface area (Å²) >= 11 is 0. The number of hydrogen-bond acceptors (Lipinski definition) is 4. The van der Waals surface area contributed by atoms with Crippen molar-refractivity contribution >= 4 is 17.6 Å². The number of nitrogens with two attached hydrogens (primary N) is 1. The van der Waals surface area contributed by atoms with Crippen LogP contribution in [0.1, 0.15) is 98.3 Å². The summed E-state index contributed by atoms with van der Waals surface area (Å²) < 4.78 is 5.71. The Morgan fingerprint density at radius 1 is 0.900 bits per heavy atom. The van der Waals surface area contributed by atoms with E-state index in [0.29, 0.717) is 37.2 Å². The molecule has 0 aliphatic heterocycles. The van der Waals surface area contributed by atoms with Crippen molar-refractivity contribution < 1.29 is 19.1 Å². The third-order valence-electron chi connectivity index (χ3n) is 6.04. The molecule has 2 saturated carbocycles. The van der Waals surface area contributed by atoms with Crippen molar-refractivity contribution in [2.75, 3.05) is 6.61 Å². The van der Waals surface area contributed by atoms with E-state index in [0.717, 1.165) is 38.5 Å². The Bertz CT molecular complexity index is 519. The monoisotopic (exact) mass is 424 g/mol. The van der Waals surface area contributed by atoms with Crippen LogP contribution in [0.15, 0.2) is 0 Å². The van der Waals surface area contributed by atoms with Crippen molar-refractivity contribution in [3.05, 3.63) is 0 Å². The van der Waals surface area contributed by atoms with Crippen LogP contribution in [0.25, 0.3) is 0 Å². The molecule has 2 aliphatic carbocycles. The molecule has 2 aliphatic rings. The standard InChI is InChI=1S/C14H26N2O3.C10H18O/c1-10(2)14(18)16-11-5-7-12(8-6-11)19-9-3-4-13(15)17;1-8(2)10(11)9-6-4-3-5-7-9/h10-12H,3-9H2,1-2H3,(H2,15,17)(H,16,18);8-9H,3-7H2,1-2H3. The SMILES string of the molecule is CC(C)C(=O)C1CCCCC1.CC(C)C(=O)NC1CCC(OCCCC(N)=O)CC1. The van der Waals surface area contributed by atoms with E-state index >= 15 is 0 Å². The van der Waals surface area contributed by atoms with Gasteiger partial charge >= 0.3 is 0 Å². The molecule has 174 valence electrons. The van der Waals surface area contributed by atoms with Crippen LogP contribution in [0.5, 0.6) is 0 Å². The molecule has 0 bridgehead atoms. The van der Waals surface area contributed by atoms with Gasteiger partial charge in [-0.15, -0.1) is 0 Å². The molecule has 6 nitrogen and oxygen atoms in total. The van der Waals surface area contributed by atoms with E-state index in [9.17, 15) is 14.4 Å². The lowest BCUT2D eigenvalue weighted by Crippen LogP contribution is -2.40. The largest absolute Gasteiger partial charge is 0.378 e. The van der Waals surface area contributed by atoms with Gasteiger partial charge in [0.2, 0.25) is 11.8 Å². The number of nitrogens with one attached hydrogen (secondary N) is 1. The lowest BCUT2D eigenvalue weighted by Gasteiger charge is -2.29. The van der Waals surface area contributed by atoms with Gasteiger partial charge in [0.15, 0.2) is 0 Å². The summed E-state index contributed by atoms with van der Waals surface area (Å²) in [5, 5.41) is 3.07. The second-order valence-corrected chi connectivity index (χ2v) is 9.47. The van der Waals surface area contributed by atoms with Gasteiger partial charge in [0, 0.05) is 36.8 Å². The normalized spacial score (nSPS) is 22.3. The molecule has 2 rings (SSSR count). The van der Waals surface area contributed by atoms with Gasteiger partial charge < -0.3 is 15.8 Å². The number of carbonyl (C=O) groups is 3. The Morgan fingerprint density at radius 3 is 2.00 bits per heavy atom. The Morgan fingerprint density at radius 2 is 1.50 bits per heavy atom. The summed E-state index contributed by atoms with van der Waals surface area (Å²) in [4.78, 5) is 33.7. The Balaban J connectivity index is 0.000000346. The first-order valence-corrected chi connectivity index (χ1v) is 11.9. The number of amides is 2. The molecule has 2 amide bonds. The predicted octanol–water partition coefficient (Wildman–Crippen LogP) is 4.14. The molecule has 0 aromatic rings. The molecule has 3 N–H and O–H groups in total. The minimum Gasteiger partial charge on any atom is -0.378 e. The second-order valence-electron chi connectivity index (χ2n) is 9.47. The number of rotatable bonds is 9. The van der Waals surface area contributed by atoms with Crippen molar-refractivity contribution in [1.29, 1.82) is 0 Å². The molecule has 0 saturated heterocycles. The lowest BCUT2D eigenvalue weighted by atomic mass is 9.83. The van der Waals surface area contributed by atoms with E-state index in [2.05, 4.69) is 5.32 Å². The van der Waals surface area contributed by atoms with E-state index in [4.69, 9.17) is 10.5 Å². The molecular weight excluding hydrogens is 380 g/mol. The number of ketones is 1.